The maximum atomic E-state index is 11.4. The van der Waals surface area contributed by atoms with Gasteiger partial charge in [-0.1, -0.05) is 6.92 Å². The Morgan fingerprint density at radius 1 is 1.46 bits per heavy atom. The standard InChI is InChI=1S/C7H19N3O2S/c1-3-6-9-13(11,12)10(2)7-4-5-8/h9H,3-8H2,1-2H3. The van der Waals surface area contributed by atoms with Crippen LogP contribution in [0.3, 0.4) is 0 Å². The molecule has 0 saturated carbocycles. The van der Waals surface area contributed by atoms with Crippen LogP contribution in [0, 0.1) is 0 Å². The average Bonchev–Trinajstić information content (AvgIpc) is 2.10. The van der Waals surface area contributed by atoms with Gasteiger partial charge < -0.3 is 5.73 Å². The van der Waals surface area contributed by atoms with Crippen molar-refractivity contribution in [1.29, 1.82) is 0 Å². The number of nitrogens with zero attached hydrogens (tertiary/aromatic N) is 1. The first-order valence-electron chi connectivity index (χ1n) is 4.45. The maximum Gasteiger partial charge on any atom is 0.279 e. The van der Waals surface area contributed by atoms with Crippen molar-refractivity contribution >= 4 is 10.2 Å². The molecule has 0 atom stereocenters. The second-order valence-corrected chi connectivity index (χ2v) is 4.73. The molecule has 0 aliphatic rings. The quantitative estimate of drug-likeness (QED) is 0.594. The van der Waals surface area contributed by atoms with Gasteiger partial charge in [-0.05, 0) is 19.4 Å². The summed E-state index contributed by atoms with van der Waals surface area (Å²) >= 11 is 0. The van der Waals surface area contributed by atoms with Crippen LogP contribution in [0.2, 0.25) is 0 Å². The molecule has 0 fully saturated rings. The van der Waals surface area contributed by atoms with Gasteiger partial charge in [0.05, 0.1) is 0 Å². The average molecular weight is 209 g/mol. The number of hydrogen-bond donors (Lipinski definition) is 2. The van der Waals surface area contributed by atoms with E-state index in [2.05, 4.69) is 4.72 Å². The van der Waals surface area contributed by atoms with Crippen molar-refractivity contribution in [3.05, 3.63) is 0 Å². The molecule has 6 heteroatoms. The lowest BCUT2D eigenvalue weighted by Gasteiger charge is -2.16. The minimum Gasteiger partial charge on any atom is -0.330 e. The number of nitrogens with two attached hydrogens (primary N) is 1. The van der Waals surface area contributed by atoms with Crippen LogP contribution in [0.1, 0.15) is 19.8 Å². The van der Waals surface area contributed by atoms with Crippen LogP contribution in [0.4, 0.5) is 0 Å². The molecule has 0 radical (unpaired) electrons. The highest BCUT2D eigenvalue weighted by atomic mass is 32.2. The third-order valence-corrected chi connectivity index (χ3v) is 3.19. The van der Waals surface area contributed by atoms with E-state index in [9.17, 15) is 8.42 Å². The van der Waals surface area contributed by atoms with E-state index >= 15 is 0 Å². The van der Waals surface area contributed by atoms with Crippen molar-refractivity contribution in [1.82, 2.24) is 9.03 Å². The zero-order valence-corrected chi connectivity index (χ0v) is 9.10. The first-order chi connectivity index (χ1) is 6.04. The van der Waals surface area contributed by atoms with Gasteiger partial charge in [0.1, 0.15) is 0 Å². The van der Waals surface area contributed by atoms with Gasteiger partial charge in [-0.15, -0.1) is 0 Å². The number of rotatable bonds is 7. The second-order valence-electron chi connectivity index (χ2n) is 2.86. The molecule has 0 aliphatic carbocycles. The van der Waals surface area contributed by atoms with Crippen LogP contribution < -0.4 is 10.5 Å². The molecule has 0 aromatic heterocycles. The van der Waals surface area contributed by atoms with Crippen LogP contribution in [0.15, 0.2) is 0 Å². The van der Waals surface area contributed by atoms with Crippen molar-refractivity contribution in [2.24, 2.45) is 5.73 Å². The summed E-state index contributed by atoms with van der Waals surface area (Å²) in [5.74, 6) is 0. The summed E-state index contributed by atoms with van der Waals surface area (Å²) in [4.78, 5) is 0. The zero-order valence-electron chi connectivity index (χ0n) is 8.28. The molecule has 0 spiro atoms. The molecule has 0 aromatic carbocycles. The van der Waals surface area contributed by atoms with Gasteiger partial charge in [-0.2, -0.15) is 12.7 Å². The first kappa shape index (κ1) is 12.8. The van der Waals surface area contributed by atoms with E-state index in [1.807, 2.05) is 6.92 Å². The predicted molar refractivity (Wildman–Crippen MR) is 53.5 cm³/mol. The highest BCUT2D eigenvalue weighted by molar-refractivity contribution is 7.87. The summed E-state index contributed by atoms with van der Waals surface area (Å²) in [5.41, 5.74) is 5.28. The lowest BCUT2D eigenvalue weighted by molar-refractivity contribution is 0.453. The van der Waals surface area contributed by atoms with Gasteiger partial charge in [0.15, 0.2) is 0 Å². The summed E-state index contributed by atoms with van der Waals surface area (Å²) in [6.45, 7) is 3.38. The van der Waals surface area contributed by atoms with Crippen LogP contribution in [-0.2, 0) is 10.2 Å². The lowest BCUT2D eigenvalue weighted by atomic mass is 10.4. The topological polar surface area (TPSA) is 75.4 Å². The SMILES string of the molecule is CCCNS(=O)(=O)N(C)CCCN. The Bertz CT molecular complexity index is 216. The van der Waals surface area contributed by atoms with Crippen molar-refractivity contribution in [3.63, 3.8) is 0 Å². The van der Waals surface area contributed by atoms with Gasteiger partial charge in [0.25, 0.3) is 10.2 Å². The van der Waals surface area contributed by atoms with Crippen LogP contribution in [-0.4, -0.2) is 39.4 Å². The van der Waals surface area contributed by atoms with Crippen LogP contribution >= 0.6 is 0 Å². The van der Waals surface area contributed by atoms with Gasteiger partial charge in [0.2, 0.25) is 0 Å². The Labute approximate surface area is 80.5 Å². The Kier molecular flexibility index (Phi) is 6.23. The Morgan fingerprint density at radius 2 is 2.08 bits per heavy atom. The van der Waals surface area contributed by atoms with Crippen molar-refractivity contribution < 1.29 is 8.42 Å². The lowest BCUT2D eigenvalue weighted by Crippen LogP contribution is -2.39. The minimum absolute atomic E-state index is 0.468. The molecular formula is C7H19N3O2S. The molecule has 0 aliphatic heterocycles. The molecule has 0 amide bonds. The fraction of sp³-hybridized carbons (Fsp3) is 1.00. The summed E-state index contributed by atoms with van der Waals surface area (Å²) in [6, 6.07) is 0. The second kappa shape index (κ2) is 6.31. The highest BCUT2D eigenvalue weighted by Crippen LogP contribution is 1.94. The minimum atomic E-state index is -3.27. The van der Waals surface area contributed by atoms with Gasteiger partial charge in [0, 0.05) is 20.1 Å². The van der Waals surface area contributed by atoms with Gasteiger partial charge >= 0.3 is 0 Å². The van der Waals surface area contributed by atoms with Crippen molar-refractivity contribution in [2.75, 3.05) is 26.7 Å². The van der Waals surface area contributed by atoms with E-state index < -0.39 is 10.2 Å². The molecule has 5 nitrogen and oxygen atoms in total. The monoisotopic (exact) mass is 209 g/mol. The van der Waals surface area contributed by atoms with E-state index in [-0.39, 0.29) is 0 Å². The van der Waals surface area contributed by atoms with E-state index in [1.54, 1.807) is 7.05 Å². The summed E-state index contributed by atoms with van der Waals surface area (Å²) < 4.78 is 26.5. The van der Waals surface area contributed by atoms with E-state index in [0.29, 0.717) is 26.1 Å². The smallest absolute Gasteiger partial charge is 0.279 e. The predicted octanol–water partition coefficient (Wildman–Crippen LogP) is -0.489. The summed E-state index contributed by atoms with van der Waals surface area (Å²) in [7, 11) is -1.72. The Hall–Kier alpha value is -0.170. The molecule has 3 N–H and O–H groups in total. The molecule has 80 valence electrons. The highest BCUT2D eigenvalue weighted by Gasteiger charge is 2.14. The zero-order chi connectivity index (χ0) is 10.3. The van der Waals surface area contributed by atoms with Gasteiger partial charge in [-0.25, -0.2) is 4.72 Å². The Morgan fingerprint density at radius 3 is 2.54 bits per heavy atom. The largest absolute Gasteiger partial charge is 0.330 e. The first-order valence-corrected chi connectivity index (χ1v) is 5.89. The van der Waals surface area contributed by atoms with Crippen LogP contribution in [0.25, 0.3) is 0 Å². The Balaban J connectivity index is 3.96. The van der Waals surface area contributed by atoms with E-state index in [1.165, 1.54) is 4.31 Å². The third kappa shape index (κ3) is 5.20. The summed E-state index contributed by atoms with van der Waals surface area (Å²) in [5, 5.41) is 0. The molecular weight excluding hydrogens is 190 g/mol. The van der Waals surface area contributed by atoms with E-state index in [0.717, 1.165) is 6.42 Å². The molecule has 0 aromatic rings. The molecule has 13 heavy (non-hydrogen) atoms. The molecule has 0 heterocycles. The molecule has 0 rings (SSSR count). The number of hydrogen-bond acceptors (Lipinski definition) is 3. The maximum absolute atomic E-state index is 11.4. The number of nitrogens with one attached hydrogen (secondary N) is 1. The molecule has 0 saturated heterocycles. The van der Waals surface area contributed by atoms with Crippen LogP contribution in [0.5, 0.6) is 0 Å². The fourth-order valence-corrected chi connectivity index (χ4v) is 1.83. The molecule has 0 unspecified atom stereocenters. The summed E-state index contributed by atoms with van der Waals surface area (Å²) in [6.07, 6.45) is 1.48. The molecule has 0 bridgehead atoms. The van der Waals surface area contributed by atoms with Gasteiger partial charge in [-0.3, -0.25) is 0 Å². The van der Waals surface area contributed by atoms with E-state index in [4.69, 9.17) is 5.73 Å². The van der Waals surface area contributed by atoms with Crippen molar-refractivity contribution in [3.8, 4) is 0 Å². The normalized spacial score (nSPS) is 12.3. The fourth-order valence-electron chi connectivity index (χ4n) is 0.775. The third-order valence-electron chi connectivity index (χ3n) is 1.62. The van der Waals surface area contributed by atoms with Crippen molar-refractivity contribution in [2.45, 2.75) is 19.8 Å².